The molecule has 2 aliphatic heterocycles. The first-order valence-corrected chi connectivity index (χ1v) is 11.7. The third kappa shape index (κ3) is 3.54. The first-order valence-electron chi connectivity index (χ1n) is 11.7. The van der Waals surface area contributed by atoms with Gasteiger partial charge in [0.25, 0.3) is 0 Å². The van der Waals surface area contributed by atoms with E-state index in [1.165, 1.54) is 28.1 Å². The number of nitrogens with one attached hydrogen (secondary N) is 4. The molecule has 1 spiro atoms. The summed E-state index contributed by atoms with van der Waals surface area (Å²) in [6, 6.07) is 8.40. The number of nitrogens with zero attached hydrogens (tertiary/aromatic N) is 3. The second kappa shape index (κ2) is 8.54. The van der Waals surface area contributed by atoms with Crippen LogP contribution in [0.1, 0.15) is 43.7 Å². The zero-order valence-electron chi connectivity index (χ0n) is 19.0. The van der Waals surface area contributed by atoms with Gasteiger partial charge in [0.2, 0.25) is 5.95 Å². The molecule has 0 bridgehead atoms. The summed E-state index contributed by atoms with van der Waals surface area (Å²) in [6.07, 6.45) is 7.86. The predicted molar refractivity (Wildman–Crippen MR) is 129 cm³/mol. The molecule has 32 heavy (non-hydrogen) atoms. The summed E-state index contributed by atoms with van der Waals surface area (Å²) < 4.78 is 0. The van der Waals surface area contributed by atoms with Crippen molar-refractivity contribution < 1.29 is 0 Å². The van der Waals surface area contributed by atoms with Crippen molar-refractivity contribution in [3.05, 3.63) is 59.1 Å². The quantitative estimate of drug-likeness (QED) is 0.429. The number of allylic oxidation sites excluding steroid dienone is 1. The number of benzene rings is 1. The largest absolute Gasteiger partial charge is 0.391 e. The van der Waals surface area contributed by atoms with E-state index in [0.29, 0.717) is 24.2 Å². The van der Waals surface area contributed by atoms with Crippen molar-refractivity contribution in [1.29, 1.82) is 5.41 Å². The van der Waals surface area contributed by atoms with Gasteiger partial charge in [-0.1, -0.05) is 19.1 Å². The van der Waals surface area contributed by atoms with Crippen molar-refractivity contribution in [3.63, 3.8) is 0 Å². The van der Waals surface area contributed by atoms with Crippen LogP contribution in [-0.4, -0.2) is 42.5 Å². The number of amidine groups is 1. The fourth-order valence-electron chi connectivity index (χ4n) is 5.83. The molecule has 1 saturated heterocycles. The minimum absolute atomic E-state index is 0.0743. The van der Waals surface area contributed by atoms with E-state index in [1.807, 2.05) is 13.1 Å². The van der Waals surface area contributed by atoms with E-state index in [0.717, 1.165) is 45.3 Å². The number of aromatic nitrogens is 2. The third-order valence-corrected chi connectivity index (χ3v) is 7.45. The molecule has 3 aliphatic rings. The lowest BCUT2D eigenvalue weighted by Crippen LogP contribution is -2.45. The highest BCUT2D eigenvalue weighted by Crippen LogP contribution is 2.49. The van der Waals surface area contributed by atoms with Gasteiger partial charge >= 0.3 is 0 Å². The van der Waals surface area contributed by atoms with Crippen LogP contribution in [0.4, 0.5) is 11.6 Å². The Bertz CT molecular complexity index is 1020. The summed E-state index contributed by atoms with van der Waals surface area (Å²) in [4.78, 5) is 10.9. The highest BCUT2D eigenvalue weighted by Gasteiger charge is 2.46. The molecule has 7 heteroatoms. The van der Waals surface area contributed by atoms with Gasteiger partial charge in [-0.3, -0.25) is 5.41 Å². The van der Waals surface area contributed by atoms with Crippen LogP contribution in [0.15, 0.2) is 47.9 Å². The van der Waals surface area contributed by atoms with Crippen molar-refractivity contribution in [2.45, 2.75) is 44.6 Å². The van der Waals surface area contributed by atoms with Gasteiger partial charge in [0.05, 0.1) is 0 Å². The fourth-order valence-corrected chi connectivity index (χ4v) is 5.83. The zero-order valence-corrected chi connectivity index (χ0v) is 19.0. The molecule has 1 atom stereocenters. The summed E-state index contributed by atoms with van der Waals surface area (Å²) in [6.45, 7) is 5.86. The highest BCUT2D eigenvalue weighted by molar-refractivity contribution is 6.10. The molecule has 0 amide bonds. The summed E-state index contributed by atoms with van der Waals surface area (Å²) in [5, 5.41) is 19.6. The second-order valence-electron chi connectivity index (χ2n) is 9.28. The summed E-state index contributed by atoms with van der Waals surface area (Å²) in [5.74, 6) is 1.74. The van der Waals surface area contributed by atoms with Gasteiger partial charge in [-0.2, -0.15) is 0 Å². The SMILES string of the molecule is CNC1=C(C(=N)N2CC3(CCNCC3)c3c(CNc4ncccn4)cccc32)[C@H](C)CC1. The Morgan fingerprint density at radius 1 is 1.22 bits per heavy atom. The van der Waals surface area contributed by atoms with Gasteiger partial charge in [0.15, 0.2) is 0 Å². The molecule has 7 nitrogen and oxygen atoms in total. The Morgan fingerprint density at radius 2 is 2.00 bits per heavy atom. The fraction of sp³-hybridized carbons (Fsp3) is 0.480. The van der Waals surface area contributed by atoms with E-state index in [2.05, 4.69) is 55.9 Å². The Labute approximate surface area is 190 Å². The molecular weight excluding hydrogens is 398 g/mol. The van der Waals surface area contributed by atoms with Crippen molar-refractivity contribution in [3.8, 4) is 0 Å². The maximum absolute atomic E-state index is 9.26. The molecule has 4 N–H and O–H groups in total. The van der Waals surface area contributed by atoms with Gasteiger partial charge in [0, 0.05) is 54.9 Å². The minimum atomic E-state index is 0.0743. The lowest BCUT2D eigenvalue weighted by atomic mass is 9.73. The topological polar surface area (TPSA) is 89.0 Å². The maximum Gasteiger partial charge on any atom is 0.222 e. The lowest BCUT2D eigenvalue weighted by Gasteiger charge is -2.36. The Balaban J connectivity index is 1.53. The first-order chi connectivity index (χ1) is 15.6. The molecule has 0 unspecified atom stereocenters. The van der Waals surface area contributed by atoms with Crippen LogP contribution in [0.3, 0.4) is 0 Å². The standard InChI is InChI=1S/C25H33N7/c1-17-7-8-19(27-2)21(17)23(26)32-16-25(9-13-28-14-10-25)22-18(5-3-6-20(22)32)15-31-24-29-11-4-12-30-24/h3-6,11-12,17,26-28H,7-10,13-16H2,1-2H3,(H,29,30,31)/t17-/m1/s1. The van der Waals surface area contributed by atoms with Crippen LogP contribution < -0.4 is 20.9 Å². The second-order valence-corrected chi connectivity index (χ2v) is 9.28. The molecule has 0 radical (unpaired) electrons. The van der Waals surface area contributed by atoms with Crippen molar-refractivity contribution in [1.82, 2.24) is 20.6 Å². The van der Waals surface area contributed by atoms with E-state index in [4.69, 9.17) is 0 Å². The van der Waals surface area contributed by atoms with Gasteiger partial charge in [-0.05, 0) is 68.0 Å². The smallest absolute Gasteiger partial charge is 0.222 e. The average molecular weight is 432 g/mol. The Morgan fingerprint density at radius 3 is 2.75 bits per heavy atom. The van der Waals surface area contributed by atoms with Gasteiger partial charge < -0.3 is 20.9 Å². The molecule has 1 aliphatic carbocycles. The van der Waals surface area contributed by atoms with Crippen LogP contribution in [0.2, 0.25) is 0 Å². The van der Waals surface area contributed by atoms with E-state index < -0.39 is 0 Å². The van der Waals surface area contributed by atoms with Crippen LogP contribution in [-0.2, 0) is 12.0 Å². The molecule has 5 rings (SSSR count). The Kier molecular flexibility index (Phi) is 5.59. The minimum Gasteiger partial charge on any atom is -0.391 e. The number of anilines is 2. The lowest BCUT2D eigenvalue weighted by molar-refractivity contribution is 0.328. The predicted octanol–water partition coefficient (Wildman–Crippen LogP) is 3.41. The molecule has 1 aromatic heterocycles. The van der Waals surface area contributed by atoms with Crippen molar-refractivity contribution >= 4 is 17.5 Å². The first kappa shape index (κ1) is 20.9. The highest BCUT2D eigenvalue weighted by atomic mass is 15.2. The summed E-state index contributed by atoms with van der Waals surface area (Å²) >= 11 is 0. The molecule has 168 valence electrons. The van der Waals surface area contributed by atoms with Crippen LogP contribution >= 0.6 is 0 Å². The number of hydrogen-bond donors (Lipinski definition) is 4. The third-order valence-electron chi connectivity index (χ3n) is 7.45. The van der Waals surface area contributed by atoms with Gasteiger partial charge in [0.1, 0.15) is 5.84 Å². The maximum atomic E-state index is 9.26. The van der Waals surface area contributed by atoms with Gasteiger partial charge in [-0.15, -0.1) is 0 Å². The molecule has 0 saturated carbocycles. The van der Waals surface area contributed by atoms with E-state index in [9.17, 15) is 5.41 Å². The summed E-state index contributed by atoms with van der Waals surface area (Å²) in [5.41, 5.74) is 6.39. The van der Waals surface area contributed by atoms with Crippen LogP contribution in [0, 0.1) is 11.3 Å². The number of fused-ring (bicyclic) bond motifs is 2. The van der Waals surface area contributed by atoms with E-state index in [-0.39, 0.29) is 5.41 Å². The molecule has 3 heterocycles. The van der Waals surface area contributed by atoms with Crippen LogP contribution in [0.5, 0.6) is 0 Å². The Hall–Kier alpha value is -2.93. The summed E-state index contributed by atoms with van der Waals surface area (Å²) in [7, 11) is 1.99. The molecule has 2 aromatic rings. The van der Waals surface area contributed by atoms with Crippen molar-refractivity contribution in [2.75, 3.05) is 36.9 Å². The molecule has 1 fully saturated rings. The number of hydrogen-bond acceptors (Lipinski definition) is 6. The van der Waals surface area contributed by atoms with E-state index in [1.54, 1.807) is 12.4 Å². The number of rotatable bonds is 5. The van der Waals surface area contributed by atoms with Gasteiger partial charge in [-0.25, -0.2) is 9.97 Å². The average Bonchev–Trinajstić information content (AvgIpc) is 3.37. The molecule has 1 aromatic carbocycles. The van der Waals surface area contributed by atoms with E-state index >= 15 is 0 Å². The van der Waals surface area contributed by atoms with Crippen LogP contribution in [0.25, 0.3) is 0 Å². The monoisotopic (exact) mass is 431 g/mol. The normalized spacial score (nSPS) is 21.7. The molecular formula is C25H33N7. The van der Waals surface area contributed by atoms with Crippen molar-refractivity contribution in [2.24, 2.45) is 5.92 Å². The number of piperidine rings is 1. The zero-order chi connectivity index (χ0) is 22.1.